The van der Waals surface area contributed by atoms with E-state index in [9.17, 15) is 4.79 Å². The van der Waals surface area contributed by atoms with Crippen molar-refractivity contribution in [1.29, 1.82) is 0 Å². The highest BCUT2D eigenvalue weighted by atomic mass is 35.5. The summed E-state index contributed by atoms with van der Waals surface area (Å²) in [4.78, 5) is 13.7. The van der Waals surface area contributed by atoms with Crippen molar-refractivity contribution in [2.24, 2.45) is 0 Å². The number of benzene rings is 5. The van der Waals surface area contributed by atoms with E-state index in [0.717, 1.165) is 11.0 Å². The Morgan fingerprint density at radius 1 is 0.514 bits per heavy atom. The molecule has 0 radical (unpaired) electrons. The van der Waals surface area contributed by atoms with Gasteiger partial charge in [-0.1, -0.05) is 103 Å². The maximum absolute atomic E-state index is 13.7. The number of hydrogen-bond donors (Lipinski definition) is 1. The fourth-order valence-corrected chi connectivity index (χ4v) is 8.72. The molecule has 1 amide bonds. The van der Waals surface area contributed by atoms with Crippen LogP contribution in [-0.4, -0.2) is 5.91 Å². The summed E-state index contributed by atoms with van der Waals surface area (Å²) in [5, 5.41) is 6.93. The number of amides is 1. The van der Waals surface area contributed by atoms with Gasteiger partial charge in [-0.05, 0) is 54.1 Å². The van der Waals surface area contributed by atoms with Crippen LogP contribution in [0.2, 0.25) is 0 Å². The molecular weight excluding hydrogens is 493 g/mol. The van der Waals surface area contributed by atoms with Gasteiger partial charge in [-0.15, -0.1) is 12.4 Å². The van der Waals surface area contributed by atoms with E-state index in [4.69, 9.17) is 0 Å². The predicted octanol–water partition coefficient (Wildman–Crippen LogP) is 6.83. The van der Waals surface area contributed by atoms with Crippen LogP contribution in [0.25, 0.3) is 6.08 Å². The van der Waals surface area contributed by atoms with Gasteiger partial charge in [-0.3, -0.25) is 10.1 Å². The Morgan fingerprint density at radius 3 is 1.27 bits per heavy atom. The fourth-order valence-electron chi connectivity index (χ4n) is 4.52. The van der Waals surface area contributed by atoms with Gasteiger partial charge in [0.2, 0.25) is 0 Å². The van der Waals surface area contributed by atoms with Crippen LogP contribution in [0, 0.1) is 0 Å². The summed E-state index contributed by atoms with van der Waals surface area (Å²) in [6, 6.07) is 51.3. The smallest absolute Gasteiger partial charge is 0.258 e. The van der Waals surface area contributed by atoms with Gasteiger partial charge in [0, 0.05) is 11.6 Å². The molecule has 4 heteroatoms. The molecule has 0 aromatic heterocycles. The van der Waals surface area contributed by atoms with Crippen molar-refractivity contribution in [3.05, 3.63) is 168 Å². The molecule has 0 aliphatic rings. The minimum Gasteiger partial charge on any atom is -0.292 e. The minimum atomic E-state index is -2.47. The summed E-state index contributed by atoms with van der Waals surface area (Å²) in [6.07, 6.45) is 2.14. The zero-order chi connectivity index (χ0) is 24.6. The first-order valence-corrected chi connectivity index (χ1v) is 13.8. The maximum atomic E-state index is 13.7. The van der Waals surface area contributed by atoms with E-state index < -0.39 is 7.26 Å². The second kappa shape index (κ2) is 12.3. The van der Waals surface area contributed by atoms with Gasteiger partial charge in [0.15, 0.2) is 12.7 Å². The minimum absolute atomic E-state index is 0. The summed E-state index contributed by atoms with van der Waals surface area (Å²) >= 11 is 0. The lowest BCUT2D eigenvalue weighted by atomic mass is 10.2. The molecule has 37 heavy (non-hydrogen) atoms. The average Bonchev–Trinajstić information content (AvgIpc) is 2.96. The summed E-state index contributed by atoms with van der Waals surface area (Å²) in [5.74, 6) is -0.120. The SMILES string of the molecule is Cl.O=C(N/C(=C\c1ccccc1)[P+](c1ccccc1)(c1ccccc1)c1ccccc1)c1ccccc1. The van der Waals surface area contributed by atoms with Crippen molar-refractivity contribution < 1.29 is 4.79 Å². The van der Waals surface area contributed by atoms with Gasteiger partial charge < -0.3 is 0 Å². The van der Waals surface area contributed by atoms with E-state index in [0.29, 0.717) is 5.56 Å². The Labute approximate surface area is 225 Å². The number of nitrogens with one attached hydrogen (secondary N) is 1. The van der Waals surface area contributed by atoms with E-state index in [2.05, 4.69) is 96.3 Å². The van der Waals surface area contributed by atoms with Gasteiger partial charge in [0.05, 0.1) is 0 Å². The number of rotatable bonds is 7. The second-order valence-corrected chi connectivity index (χ2v) is 11.8. The Kier molecular flexibility index (Phi) is 8.69. The molecule has 0 aliphatic heterocycles. The molecule has 0 unspecified atom stereocenters. The summed E-state index contributed by atoms with van der Waals surface area (Å²) in [7, 11) is -2.47. The molecule has 0 aliphatic carbocycles. The number of hydrogen-bond acceptors (Lipinski definition) is 1. The van der Waals surface area contributed by atoms with E-state index in [-0.39, 0.29) is 18.3 Å². The van der Waals surface area contributed by atoms with Crippen molar-refractivity contribution in [3.63, 3.8) is 0 Å². The van der Waals surface area contributed by atoms with Crippen molar-refractivity contribution in [2.45, 2.75) is 0 Å². The summed E-state index contributed by atoms with van der Waals surface area (Å²) in [5.41, 5.74) is 2.56. The first kappa shape index (κ1) is 26.1. The monoisotopic (exact) mass is 520 g/mol. The highest BCUT2D eigenvalue weighted by molar-refractivity contribution is 7.99. The first-order chi connectivity index (χ1) is 17.8. The Balaban J connectivity index is 0.00000320. The average molecular weight is 521 g/mol. The van der Waals surface area contributed by atoms with Crippen molar-refractivity contribution in [2.75, 3.05) is 0 Å². The quantitative estimate of drug-likeness (QED) is 0.234. The lowest BCUT2D eigenvalue weighted by Crippen LogP contribution is -2.38. The third-order valence-corrected chi connectivity index (χ3v) is 10.4. The van der Waals surface area contributed by atoms with Gasteiger partial charge in [-0.25, -0.2) is 0 Å². The van der Waals surface area contributed by atoms with Gasteiger partial charge in [0.1, 0.15) is 15.9 Å². The lowest BCUT2D eigenvalue weighted by molar-refractivity contribution is 0.0969. The largest absolute Gasteiger partial charge is 0.292 e. The summed E-state index contributed by atoms with van der Waals surface area (Å²) in [6.45, 7) is 0. The van der Waals surface area contributed by atoms with E-state index in [1.165, 1.54) is 15.9 Å². The number of carbonyl (C=O) groups excluding carboxylic acids is 1. The zero-order valence-corrected chi connectivity index (χ0v) is 22.0. The van der Waals surface area contributed by atoms with Crippen LogP contribution < -0.4 is 21.2 Å². The molecule has 5 aromatic rings. The molecule has 0 spiro atoms. The third kappa shape index (κ3) is 5.57. The molecule has 0 saturated heterocycles. The normalized spacial score (nSPS) is 11.3. The molecule has 0 fully saturated rings. The first-order valence-electron chi connectivity index (χ1n) is 12.0. The fraction of sp³-hybridized carbons (Fsp3) is 0. The molecule has 0 atom stereocenters. The van der Waals surface area contributed by atoms with Crippen LogP contribution in [-0.2, 0) is 0 Å². The highest BCUT2D eigenvalue weighted by Gasteiger charge is 2.50. The molecule has 0 saturated carbocycles. The van der Waals surface area contributed by atoms with E-state index in [1.807, 2.05) is 66.7 Å². The van der Waals surface area contributed by atoms with Crippen molar-refractivity contribution >= 4 is 47.6 Å². The highest BCUT2D eigenvalue weighted by Crippen LogP contribution is 2.61. The van der Waals surface area contributed by atoms with Crippen molar-refractivity contribution in [1.82, 2.24) is 5.32 Å². The van der Waals surface area contributed by atoms with Gasteiger partial charge in [0.25, 0.3) is 5.91 Å². The molecule has 0 bridgehead atoms. The Bertz CT molecular complexity index is 1340. The predicted molar refractivity (Wildman–Crippen MR) is 161 cm³/mol. The molecule has 182 valence electrons. The molecular formula is C33H28ClNOP+. The van der Waals surface area contributed by atoms with E-state index >= 15 is 0 Å². The van der Waals surface area contributed by atoms with Crippen LogP contribution in [0.15, 0.2) is 157 Å². The molecule has 2 nitrogen and oxygen atoms in total. The third-order valence-electron chi connectivity index (χ3n) is 6.17. The van der Waals surface area contributed by atoms with Crippen LogP contribution in [0.3, 0.4) is 0 Å². The topological polar surface area (TPSA) is 29.1 Å². The van der Waals surface area contributed by atoms with Crippen LogP contribution in [0.4, 0.5) is 0 Å². The molecule has 0 heterocycles. The zero-order valence-electron chi connectivity index (χ0n) is 20.3. The van der Waals surface area contributed by atoms with Gasteiger partial charge in [-0.2, -0.15) is 0 Å². The van der Waals surface area contributed by atoms with Crippen LogP contribution in [0.5, 0.6) is 0 Å². The lowest BCUT2D eigenvalue weighted by Gasteiger charge is -2.29. The standard InChI is InChI=1S/C33H26NOP.ClH/c35-33(28-18-8-2-9-19-28)34-32(26-27-16-6-1-7-17-27)36(29-20-10-3-11-21-29,30-22-12-4-13-23-30)31-24-14-5-15-25-31;/h1-26H;1H/p+1/b32-26+;. The maximum Gasteiger partial charge on any atom is 0.258 e. The molecule has 5 aromatic carbocycles. The molecule has 5 rings (SSSR count). The second-order valence-electron chi connectivity index (χ2n) is 8.44. The number of carbonyl (C=O) groups is 1. The van der Waals surface area contributed by atoms with Crippen molar-refractivity contribution in [3.8, 4) is 0 Å². The van der Waals surface area contributed by atoms with Crippen LogP contribution in [0.1, 0.15) is 15.9 Å². The summed E-state index contributed by atoms with van der Waals surface area (Å²) < 4.78 is 0. The number of halogens is 1. The van der Waals surface area contributed by atoms with E-state index in [1.54, 1.807) is 0 Å². The molecule has 1 N–H and O–H groups in total. The van der Waals surface area contributed by atoms with Gasteiger partial charge >= 0.3 is 0 Å². The van der Waals surface area contributed by atoms with Crippen LogP contribution >= 0.6 is 19.7 Å². The Morgan fingerprint density at radius 2 is 0.865 bits per heavy atom. The Hall–Kier alpha value is -3.97.